The van der Waals surface area contributed by atoms with Crippen molar-refractivity contribution in [1.82, 2.24) is 24.8 Å². The number of carbonyl (C=O) groups is 2. The van der Waals surface area contributed by atoms with Crippen molar-refractivity contribution in [3.63, 3.8) is 0 Å². The second kappa shape index (κ2) is 12.2. The van der Waals surface area contributed by atoms with Gasteiger partial charge in [0.2, 0.25) is 0 Å². The predicted octanol–water partition coefficient (Wildman–Crippen LogP) is 5.81. The number of benzene rings is 2. The molecule has 2 aromatic heterocycles. The summed E-state index contributed by atoms with van der Waals surface area (Å²) in [7, 11) is 0. The third-order valence-electron chi connectivity index (χ3n) is 7.35. The second-order valence-corrected chi connectivity index (χ2v) is 11.2. The Morgan fingerprint density at radius 3 is 2.63 bits per heavy atom. The molecule has 9 nitrogen and oxygen atoms in total. The zero-order valence-corrected chi connectivity index (χ0v) is 24.5. The minimum Gasteiger partial charge on any atom is -0.445 e. The molecule has 1 aliphatic heterocycles. The van der Waals surface area contributed by atoms with Gasteiger partial charge < -0.3 is 19.9 Å². The fourth-order valence-corrected chi connectivity index (χ4v) is 5.51. The van der Waals surface area contributed by atoms with Gasteiger partial charge in [-0.3, -0.25) is 4.79 Å². The average Bonchev–Trinajstić information content (AvgIpc) is 3.58. The standard InChI is InChI=1S/C31H35ClN6O3/c1-20(2)38(30(39)24-11-8-12-25(32)15-24)22(4)27-16-28-34-29(21(3)17-37(28)35-27)36-14-13-26(18-36)33-31(40)41-19-23-9-6-5-7-10-23/h5-12,15-17,20,22,26H,13-14,18-19H2,1-4H3,(H,33,40)/t22-,26-/m0/s1. The van der Waals surface area contributed by atoms with E-state index in [-0.39, 0.29) is 30.6 Å². The summed E-state index contributed by atoms with van der Waals surface area (Å²) < 4.78 is 7.16. The molecule has 10 heteroatoms. The first-order valence-corrected chi connectivity index (χ1v) is 14.2. The largest absolute Gasteiger partial charge is 0.445 e. The van der Waals surface area contributed by atoms with E-state index in [2.05, 4.69) is 10.2 Å². The number of carbonyl (C=O) groups excluding carboxylic acids is 2. The first-order chi connectivity index (χ1) is 19.7. The molecule has 1 saturated heterocycles. The highest BCUT2D eigenvalue weighted by Gasteiger charge is 2.29. The van der Waals surface area contributed by atoms with Crippen LogP contribution < -0.4 is 10.2 Å². The Hall–Kier alpha value is -4.11. The van der Waals surface area contributed by atoms with Gasteiger partial charge in [0.05, 0.1) is 17.8 Å². The molecular weight excluding hydrogens is 540 g/mol. The number of anilines is 1. The van der Waals surface area contributed by atoms with E-state index < -0.39 is 6.09 Å². The highest BCUT2D eigenvalue weighted by Crippen LogP contribution is 2.28. The van der Waals surface area contributed by atoms with Crippen LogP contribution in [-0.4, -0.2) is 56.7 Å². The van der Waals surface area contributed by atoms with Crippen LogP contribution in [0.5, 0.6) is 0 Å². The molecule has 4 aromatic rings. The SMILES string of the molecule is Cc1cn2nc([C@H](C)N(C(=O)c3cccc(Cl)c3)C(C)C)cc2nc1N1CC[C@H](NC(=O)OCc2ccccc2)C1. The molecule has 2 atom stereocenters. The maximum absolute atomic E-state index is 13.4. The van der Waals surface area contributed by atoms with E-state index in [0.717, 1.165) is 35.6 Å². The van der Waals surface area contributed by atoms with Crippen molar-refractivity contribution in [2.45, 2.75) is 58.8 Å². The van der Waals surface area contributed by atoms with Gasteiger partial charge in [-0.2, -0.15) is 5.10 Å². The molecule has 5 rings (SSSR count). The van der Waals surface area contributed by atoms with Gasteiger partial charge in [-0.05, 0) is 57.9 Å². The monoisotopic (exact) mass is 574 g/mol. The molecule has 0 unspecified atom stereocenters. The van der Waals surface area contributed by atoms with Crippen LogP contribution in [0.15, 0.2) is 66.9 Å². The lowest BCUT2D eigenvalue weighted by molar-refractivity contribution is 0.0620. The van der Waals surface area contributed by atoms with E-state index in [1.165, 1.54) is 0 Å². The topological polar surface area (TPSA) is 92.1 Å². The van der Waals surface area contributed by atoms with Crippen LogP contribution in [0, 0.1) is 6.92 Å². The van der Waals surface area contributed by atoms with Gasteiger partial charge in [0, 0.05) is 47.5 Å². The Bertz CT molecular complexity index is 1540. The summed E-state index contributed by atoms with van der Waals surface area (Å²) in [5, 5.41) is 8.28. The minimum absolute atomic E-state index is 0.0340. The van der Waals surface area contributed by atoms with Crippen LogP contribution in [-0.2, 0) is 11.3 Å². The number of rotatable bonds is 8. The van der Waals surface area contributed by atoms with Gasteiger partial charge in [0.25, 0.3) is 5.91 Å². The molecule has 3 heterocycles. The number of ether oxygens (including phenoxy) is 1. The fourth-order valence-electron chi connectivity index (χ4n) is 5.32. The molecule has 0 aliphatic carbocycles. The van der Waals surface area contributed by atoms with E-state index in [0.29, 0.717) is 22.8 Å². The van der Waals surface area contributed by atoms with Gasteiger partial charge >= 0.3 is 6.09 Å². The average molecular weight is 575 g/mol. The predicted molar refractivity (Wildman–Crippen MR) is 159 cm³/mol. The summed E-state index contributed by atoms with van der Waals surface area (Å²) in [5.74, 6) is 0.754. The summed E-state index contributed by atoms with van der Waals surface area (Å²) in [4.78, 5) is 34.7. The third-order valence-corrected chi connectivity index (χ3v) is 7.59. The highest BCUT2D eigenvalue weighted by atomic mass is 35.5. The number of nitrogens with one attached hydrogen (secondary N) is 1. The van der Waals surface area contributed by atoms with E-state index >= 15 is 0 Å². The summed E-state index contributed by atoms with van der Waals surface area (Å²) in [6.45, 7) is 9.60. The van der Waals surface area contributed by atoms with Crippen LogP contribution in [0.2, 0.25) is 5.02 Å². The van der Waals surface area contributed by atoms with Crippen molar-refractivity contribution < 1.29 is 14.3 Å². The van der Waals surface area contributed by atoms with Crippen molar-refractivity contribution in [3.8, 4) is 0 Å². The molecule has 214 valence electrons. The van der Waals surface area contributed by atoms with Crippen LogP contribution in [0.1, 0.15) is 60.4 Å². The van der Waals surface area contributed by atoms with Crippen LogP contribution in [0.25, 0.3) is 5.65 Å². The first kappa shape index (κ1) is 28.4. The summed E-state index contributed by atoms with van der Waals surface area (Å²) in [5.41, 5.74) is 3.91. The van der Waals surface area contributed by atoms with E-state index in [9.17, 15) is 9.59 Å². The molecule has 41 heavy (non-hydrogen) atoms. The Kier molecular flexibility index (Phi) is 8.44. The number of aryl methyl sites for hydroxylation is 1. The molecule has 2 aromatic carbocycles. The summed E-state index contributed by atoms with van der Waals surface area (Å²) in [6, 6.07) is 18.2. The van der Waals surface area contributed by atoms with Crippen molar-refractivity contribution in [2.24, 2.45) is 0 Å². The molecular formula is C31H35ClN6O3. The van der Waals surface area contributed by atoms with Gasteiger partial charge in [-0.25, -0.2) is 14.3 Å². The summed E-state index contributed by atoms with van der Waals surface area (Å²) in [6.07, 6.45) is 2.34. The van der Waals surface area contributed by atoms with Crippen LogP contribution in [0.4, 0.5) is 10.6 Å². The van der Waals surface area contributed by atoms with Gasteiger partial charge in [-0.1, -0.05) is 48.0 Å². The molecule has 1 fully saturated rings. The number of hydrogen-bond donors (Lipinski definition) is 1. The third kappa shape index (κ3) is 6.46. The second-order valence-electron chi connectivity index (χ2n) is 10.7. The fraction of sp³-hybridized carbons (Fsp3) is 0.355. The Balaban J connectivity index is 1.27. The smallest absolute Gasteiger partial charge is 0.407 e. The van der Waals surface area contributed by atoms with E-state index in [4.69, 9.17) is 26.4 Å². The van der Waals surface area contributed by atoms with Crippen molar-refractivity contribution in [1.29, 1.82) is 0 Å². The molecule has 1 aliphatic rings. The molecule has 2 amide bonds. The maximum atomic E-state index is 13.4. The van der Waals surface area contributed by atoms with Crippen molar-refractivity contribution in [3.05, 3.63) is 94.3 Å². The minimum atomic E-state index is -0.419. The molecule has 0 bridgehead atoms. The highest BCUT2D eigenvalue weighted by molar-refractivity contribution is 6.30. The first-order valence-electron chi connectivity index (χ1n) is 13.9. The van der Waals surface area contributed by atoms with Crippen LogP contribution >= 0.6 is 11.6 Å². The molecule has 0 spiro atoms. The van der Waals surface area contributed by atoms with E-state index in [1.54, 1.807) is 28.8 Å². The molecule has 0 saturated carbocycles. The number of nitrogens with zero attached hydrogens (tertiary/aromatic N) is 5. The molecule has 1 N–H and O–H groups in total. The Morgan fingerprint density at radius 1 is 1.12 bits per heavy atom. The summed E-state index contributed by atoms with van der Waals surface area (Å²) >= 11 is 6.15. The lowest BCUT2D eigenvalue weighted by Gasteiger charge is -2.32. The van der Waals surface area contributed by atoms with Gasteiger partial charge in [0.1, 0.15) is 12.4 Å². The number of fused-ring (bicyclic) bond motifs is 1. The van der Waals surface area contributed by atoms with Gasteiger partial charge in [-0.15, -0.1) is 0 Å². The number of amides is 2. The zero-order valence-electron chi connectivity index (χ0n) is 23.8. The maximum Gasteiger partial charge on any atom is 0.407 e. The van der Waals surface area contributed by atoms with Gasteiger partial charge in [0.15, 0.2) is 5.65 Å². The Morgan fingerprint density at radius 2 is 1.90 bits per heavy atom. The lowest BCUT2D eigenvalue weighted by atomic mass is 10.1. The van der Waals surface area contributed by atoms with Crippen LogP contribution in [0.3, 0.4) is 0 Å². The Labute approximate surface area is 245 Å². The quantitative estimate of drug-likeness (QED) is 0.286. The number of halogens is 1. The van der Waals surface area contributed by atoms with Crippen molar-refractivity contribution in [2.75, 3.05) is 18.0 Å². The number of alkyl carbamates (subject to hydrolysis) is 1. The van der Waals surface area contributed by atoms with E-state index in [1.807, 2.05) is 75.2 Å². The zero-order chi connectivity index (χ0) is 29.1. The number of aromatic nitrogens is 3. The molecule has 0 radical (unpaired) electrons. The lowest BCUT2D eigenvalue weighted by Crippen LogP contribution is -2.39. The van der Waals surface area contributed by atoms with Crippen molar-refractivity contribution >= 4 is 35.1 Å². The normalized spacial score (nSPS) is 15.8. The number of hydrogen-bond acceptors (Lipinski definition) is 6.